The van der Waals surface area contributed by atoms with Gasteiger partial charge < -0.3 is 20.0 Å². The fourth-order valence-electron chi connectivity index (χ4n) is 3.37. The minimum Gasteiger partial charge on any atom is -0.710 e. The van der Waals surface area contributed by atoms with Gasteiger partial charge in [0.25, 0.3) is 12.1 Å². The summed E-state index contributed by atoms with van der Waals surface area (Å²) in [5.74, 6) is -0.924. The molecule has 0 amide bonds. The van der Waals surface area contributed by atoms with Crippen LogP contribution in [0.4, 0.5) is 20.3 Å². The normalized spacial score (nSPS) is 14.7. The van der Waals surface area contributed by atoms with Crippen molar-refractivity contribution in [3.8, 4) is 5.75 Å². The molecule has 2 heterocycles. The number of benzene rings is 2. The Morgan fingerprint density at radius 3 is 2.77 bits per heavy atom. The number of halogens is 3. The third-order valence-corrected chi connectivity index (χ3v) is 5.29. The van der Waals surface area contributed by atoms with Crippen LogP contribution in [0.5, 0.6) is 5.75 Å². The number of morpholine rings is 1. The highest BCUT2D eigenvalue weighted by Gasteiger charge is 2.17. The molecule has 3 aromatic rings. The number of rotatable bonds is 7. The smallest absolute Gasteiger partial charge is 0.292 e. The average Bonchev–Trinajstić information content (AvgIpc) is 2.77. The molecule has 4 rings (SSSR count). The molecule has 1 aliphatic heterocycles. The van der Waals surface area contributed by atoms with E-state index in [4.69, 9.17) is 21.1 Å². The Morgan fingerprint density at radius 2 is 2.00 bits per heavy atom. The molecule has 1 N–H and O–H groups in total. The molecule has 0 radical (unpaired) electrons. The van der Waals surface area contributed by atoms with E-state index in [1.807, 2.05) is 0 Å². The monoisotopic (exact) mass is 450 g/mol. The van der Waals surface area contributed by atoms with Crippen LogP contribution in [0.15, 0.2) is 36.7 Å². The molecule has 1 saturated heterocycles. The van der Waals surface area contributed by atoms with E-state index in [0.717, 1.165) is 45.6 Å². The van der Waals surface area contributed by atoms with Crippen molar-refractivity contribution in [2.75, 3.05) is 44.8 Å². The van der Waals surface area contributed by atoms with Gasteiger partial charge in [0.1, 0.15) is 11.3 Å². The number of nitrogens with one attached hydrogen (secondary N) is 1. The van der Waals surface area contributed by atoms with E-state index in [1.165, 1.54) is 30.3 Å². The predicted molar refractivity (Wildman–Crippen MR) is 113 cm³/mol. The highest BCUT2D eigenvalue weighted by molar-refractivity contribution is 6.31. The number of hydrogen-bond acceptors (Lipinski definition) is 6. The van der Waals surface area contributed by atoms with E-state index in [-0.39, 0.29) is 27.5 Å². The second kappa shape index (κ2) is 9.59. The first-order valence-corrected chi connectivity index (χ1v) is 10.3. The summed E-state index contributed by atoms with van der Waals surface area (Å²) in [6.07, 6.45) is 1.79. The molecule has 0 aliphatic carbocycles. The molecule has 1 fully saturated rings. The number of fused-ring (bicyclic) bond motifs is 1. The first kappa shape index (κ1) is 21.5. The molecule has 0 unspecified atom stereocenters. The Hall–Kier alpha value is -2.75. The Labute approximate surface area is 182 Å². The number of hydrogen-bond donors (Lipinski definition) is 1. The minimum absolute atomic E-state index is 0.000976. The van der Waals surface area contributed by atoms with E-state index in [2.05, 4.69) is 15.2 Å². The minimum atomic E-state index is -0.605. The van der Waals surface area contributed by atoms with Crippen molar-refractivity contribution in [3.05, 3.63) is 58.5 Å². The molecule has 0 atom stereocenters. The molecule has 7 nitrogen and oxygen atoms in total. The molecule has 0 spiro atoms. The lowest BCUT2D eigenvalue weighted by Gasteiger charge is -2.26. The Bertz CT molecular complexity index is 1080. The van der Waals surface area contributed by atoms with E-state index in [0.29, 0.717) is 17.0 Å². The third-order valence-electron chi connectivity index (χ3n) is 5.00. The Kier molecular flexibility index (Phi) is 6.64. The zero-order valence-corrected chi connectivity index (χ0v) is 17.4. The lowest BCUT2D eigenvalue weighted by Crippen LogP contribution is -2.37. The first-order chi connectivity index (χ1) is 15.0. The maximum absolute atomic E-state index is 14.7. The summed E-state index contributed by atoms with van der Waals surface area (Å²) in [6.45, 7) is 4.35. The predicted octanol–water partition coefficient (Wildman–Crippen LogP) is 3.64. The van der Waals surface area contributed by atoms with Gasteiger partial charge in [-0.3, -0.25) is 4.90 Å². The van der Waals surface area contributed by atoms with Crippen LogP contribution in [0.2, 0.25) is 5.02 Å². The quantitative estimate of drug-likeness (QED) is 0.336. The van der Waals surface area contributed by atoms with Gasteiger partial charge in [0, 0.05) is 31.4 Å². The van der Waals surface area contributed by atoms with Gasteiger partial charge in [-0.1, -0.05) is 11.6 Å². The molecule has 2 aromatic carbocycles. The zero-order valence-electron chi connectivity index (χ0n) is 16.6. The fourth-order valence-corrected chi connectivity index (χ4v) is 3.55. The summed E-state index contributed by atoms with van der Waals surface area (Å²) >= 11 is 5.80. The van der Waals surface area contributed by atoms with Crippen molar-refractivity contribution in [3.63, 3.8) is 0 Å². The molecular formula is C21H21ClF2N4O3. The summed E-state index contributed by atoms with van der Waals surface area (Å²) in [5.41, 5.74) is 0.642. The third kappa shape index (κ3) is 5.12. The number of nitrogens with zero attached hydrogens (tertiary/aromatic N) is 3. The van der Waals surface area contributed by atoms with Crippen molar-refractivity contribution in [1.82, 2.24) is 9.88 Å². The summed E-state index contributed by atoms with van der Waals surface area (Å²) in [4.78, 5) is 6.30. The van der Waals surface area contributed by atoms with Gasteiger partial charge in [0.05, 0.1) is 30.2 Å². The van der Waals surface area contributed by atoms with Crippen LogP contribution in [-0.4, -0.2) is 49.3 Å². The van der Waals surface area contributed by atoms with Crippen LogP contribution < -0.4 is 14.8 Å². The van der Waals surface area contributed by atoms with Crippen LogP contribution in [-0.2, 0) is 4.74 Å². The van der Waals surface area contributed by atoms with Crippen LogP contribution in [0, 0.1) is 16.8 Å². The molecule has 10 heteroatoms. The van der Waals surface area contributed by atoms with E-state index < -0.39 is 11.6 Å². The van der Waals surface area contributed by atoms with Gasteiger partial charge in [0.15, 0.2) is 11.6 Å². The summed E-state index contributed by atoms with van der Waals surface area (Å²) in [7, 11) is 0. The van der Waals surface area contributed by atoms with Gasteiger partial charge in [-0.2, -0.15) is 0 Å². The second-order valence-electron chi connectivity index (χ2n) is 7.13. The van der Waals surface area contributed by atoms with Gasteiger partial charge in [-0.15, -0.1) is 0 Å². The van der Waals surface area contributed by atoms with E-state index in [9.17, 15) is 14.0 Å². The molecule has 164 valence electrons. The highest BCUT2D eigenvalue weighted by Crippen LogP contribution is 2.29. The SMILES string of the molecule is [O-][n+]1cnc(Nc2ccc(F)c(Cl)c2)c2cc(F)c(OCCCN3CCOCC3)cc21. The maximum Gasteiger partial charge on any atom is 0.292 e. The largest absolute Gasteiger partial charge is 0.710 e. The van der Waals surface area contributed by atoms with Gasteiger partial charge in [0.2, 0.25) is 0 Å². The Balaban J connectivity index is 1.49. The maximum atomic E-state index is 14.7. The molecular weight excluding hydrogens is 430 g/mol. The van der Waals surface area contributed by atoms with Crippen molar-refractivity contribution in [2.24, 2.45) is 0 Å². The van der Waals surface area contributed by atoms with Crippen molar-refractivity contribution < 1.29 is 23.0 Å². The average molecular weight is 451 g/mol. The highest BCUT2D eigenvalue weighted by atomic mass is 35.5. The number of anilines is 2. The molecule has 31 heavy (non-hydrogen) atoms. The second-order valence-corrected chi connectivity index (χ2v) is 7.54. The molecule has 0 saturated carbocycles. The van der Waals surface area contributed by atoms with Crippen molar-refractivity contribution >= 4 is 34.0 Å². The van der Waals surface area contributed by atoms with Crippen LogP contribution in [0.1, 0.15) is 6.42 Å². The van der Waals surface area contributed by atoms with Gasteiger partial charge in [-0.05, 0) is 35.7 Å². The van der Waals surface area contributed by atoms with Gasteiger partial charge >= 0.3 is 0 Å². The molecule has 0 bridgehead atoms. The van der Waals surface area contributed by atoms with E-state index >= 15 is 0 Å². The molecule has 1 aromatic heterocycles. The lowest BCUT2D eigenvalue weighted by atomic mass is 10.2. The summed E-state index contributed by atoms with van der Waals surface area (Å²) < 4.78 is 39.5. The standard InChI is InChI=1S/C21H21ClF2N4O3/c22-16-10-14(2-3-17(16)23)26-21-15-11-18(24)20(12-19(15)28(29)13-25-21)31-7-1-4-27-5-8-30-9-6-27/h2-3,10-13H,1,4-9H2,(H,25,26). The zero-order chi connectivity index (χ0) is 21.8. The van der Waals surface area contributed by atoms with Crippen LogP contribution >= 0.6 is 11.6 Å². The van der Waals surface area contributed by atoms with Crippen molar-refractivity contribution in [2.45, 2.75) is 6.42 Å². The summed E-state index contributed by atoms with van der Waals surface area (Å²) in [6, 6.07) is 6.60. The van der Waals surface area contributed by atoms with Crippen LogP contribution in [0.3, 0.4) is 0 Å². The van der Waals surface area contributed by atoms with Crippen LogP contribution in [0.25, 0.3) is 10.9 Å². The number of aromatic nitrogens is 2. The molecule has 1 aliphatic rings. The van der Waals surface area contributed by atoms with Crippen molar-refractivity contribution in [1.29, 1.82) is 0 Å². The Morgan fingerprint density at radius 1 is 1.19 bits per heavy atom. The lowest BCUT2D eigenvalue weighted by molar-refractivity contribution is -0.580. The van der Waals surface area contributed by atoms with E-state index in [1.54, 1.807) is 0 Å². The number of ether oxygens (including phenoxy) is 2. The topological polar surface area (TPSA) is 73.6 Å². The summed E-state index contributed by atoms with van der Waals surface area (Å²) in [5, 5.41) is 15.4. The first-order valence-electron chi connectivity index (χ1n) is 9.87. The van der Waals surface area contributed by atoms with Gasteiger partial charge in [-0.25, -0.2) is 13.5 Å². The fraction of sp³-hybridized carbons (Fsp3) is 0.333.